The summed E-state index contributed by atoms with van der Waals surface area (Å²) in [4.78, 5) is 18.9. The number of nitrogens with zero attached hydrogens (tertiary/aromatic N) is 4. The molecule has 1 unspecified atom stereocenters. The number of hydrogen-bond acceptors (Lipinski definition) is 7. The highest BCUT2D eigenvalue weighted by atomic mass is 35.5. The second kappa shape index (κ2) is 10.7. The number of carboxylic acid groups (broad SMARTS) is 1. The van der Waals surface area contributed by atoms with Crippen LogP contribution in [0, 0.1) is 6.92 Å². The molecule has 0 aliphatic heterocycles. The third-order valence-corrected chi connectivity index (χ3v) is 5.75. The Morgan fingerprint density at radius 1 is 1.13 bits per heavy atom. The molecule has 13 heteroatoms. The zero-order valence-electron chi connectivity index (χ0n) is 19.9. The molecule has 4 rings (SSSR count). The van der Waals surface area contributed by atoms with E-state index in [1.165, 1.54) is 29.1 Å². The largest absolute Gasteiger partial charge is 0.480 e. The molecule has 2 atom stereocenters. The molecule has 0 fully saturated rings. The van der Waals surface area contributed by atoms with E-state index in [0.717, 1.165) is 6.07 Å². The Kier molecular flexibility index (Phi) is 7.56. The number of benzene rings is 2. The maximum absolute atomic E-state index is 14.3. The Hall–Kier alpha value is -4.16. The number of ether oxygens (including phenoxy) is 1. The normalized spacial score (nSPS) is 13.2. The average Bonchev–Trinajstić information content (AvgIpc) is 3.27. The Morgan fingerprint density at radius 3 is 2.45 bits per heavy atom. The third kappa shape index (κ3) is 6.21. The van der Waals surface area contributed by atoms with Crippen LogP contribution < -0.4 is 16.2 Å². The van der Waals surface area contributed by atoms with Crippen molar-refractivity contribution < 1.29 is 27.8 Å². The molecule has 4 aromatic rings. The lowest BCUT2D eigenvalue weighted by atomic mass is 10.0. The summed E-state index contributed by atoms with van der Waals surface area (Å²) in [5, 5.41) is 13.3. The third-order valence-electron chi connectivity index (χ3n) is 5.52. The van der Waals surface area contributed by atoms with Crippen LogP contribution in [0.4, 0.5) is 19.1 Å². The molecular formula is C25H22ClF3N6O3. The van der Waals surface area contributed by atoms with Gasteiger partial charge in [-0.25, -0.2) is 9.67 Å². The lowest BCUT2D eigenvalue weighted by Gasteiger charge is -2.24. The summed E-state index contributed by atoms with van der Waals surface area (Å²) in [6.07, 6.45) is -5.68. The molecule has 0 aliphatic carbocycles. The first kappa shape index (κ1) is 26.9. The number of carbonyl (C=O) groups is 1. The molecule has 2 aromatic heterocycles. The zero-order chi connectivity index (χ0) is 27.6. The van der Waals surface area contributed by atoms with Crippen LogP contribution in [0.15, 0.2) is 60.8 Å². The molecule has 0 bridgehead atoms. The predicted octanol–water partition coefficient (Wildman–Crippen LogP) is 4.51. The van der Waals surface area contributed by atoms with Crippen LogP contribution in [0.5, 0.6) is 5.88 Å². The van der Waals surface area contributed by atoms with E-state index in [1.54, 1.807) is 37.3 Å². The molecule has 0 saturated carbocycles. The van der Waals surface area contributed by atoms with E-state index >= 15 is 0 Å². The van der Waals surface area contributed by atoms with Crippen LogP contribution in [0.1, 0.15) is 22.9 Å². The number of halogens is 4. The quantitative estimate of drug-likeness (QED) is 0.293. The second-order valence-electron chi connectivity index (χ2n) is 8.44. The summed E-state index contributed by atoms with van der Waals surface area (Å²) in [6.45, 7) is 1.71. The number of rotatable bonds is 8. The number of aromatic nitrogens is 4. The molecular weight excluding hydrogens is 525 g/mol. The summed E-state index contributed by atoms with van der Waals surface area (Å²) >= 11 is 6.06. The second-order valence-corrected chi connectivity index (χ2v) is 8.88. The van der Waals surface area contributed by atoms with E-state index in [1.807, 2.05) is 0 Å². The van der Waals surface area contributed by atoms with Crippen molar-refractivity contribution in [2.75, 3.05) is 5.73 Å². The van der Waals surface area contributed by atoms with Crippen LogP contribution in [0.3, 0.4) is 0 Å². The van der Waals surface area contributed by atoms with Crippen LogP contribution in [0.25, 0.3) is 16.9 Å². The molecule has 38 heavy (non-hydrogen) atoms. The Balaban J connectivity index is 1.69. The van der Waals surface area contributed by atoms with Gasteiger partial charge in [-0.05, 0) is 43.2 Å². The Labute approximate surface area is 219 Å². The Bertz CT molecular complexity index is 1460. The number of nitrogen functional groups attached to an aromatic ring is 1. The summed E-state index contributed by atoms with van der Waals surface area (Å²) < 4.78 is 49.7. The monoisotopic (exact) mass is 546 g/mol. The summed E-state index contributed by atoms with van der Waals surface area (Å²) in [5.41, 5.74) is 13.2. The first-order valence-electron chi connectivity index (χ1n) is 11.2. The van der Waals surface area contributed by atoms with E-state index in [4.69, 9.17) is 32.9 Å². The van der Waals surface area contributed by atoms with Gasteiger partial charge in [0.25, 0.3) is 0 Å². The molecule has 0 saturated heterocycles. The highest BCUT2D eigenvalue weighted by Gasteiger charge is 2.45. The molecule has 0 amide bonds. The van der Waals surface area contributed by atoms with Gasteiger partial charge < -0.3 is 21.3 Å². The summed E-state index contributed by atoms with van der Waals surface area (Å²) in [6, 6.07) is 12.4. The van der Waals surface area contributed by atoms with Crippen molar-refractivity contribution in [2.24, 2.45) is 5.73 Å². The van der Waals surface area contributed by atoms with Crippen molar-refractivity contribution in [3.8, 4) is 22.8 Å². The number of hydrogen-bond donors (Lipinski definition) is 3. The van der Waals surface area contributed by atoms with Gasteiger partial charge in [-0.1, -0.05) is 35.9 Å². The topological polar surface area (TPSA) is 142 Å². The highest BCUT2D eigenvalue weighted by Crippen LogP contribution is 2.40. The summed E-state index contributed by atoms with van der Waals surface area (Å²) in [5.74, 6) is -1.84. The Morgan fingerprint density at radius 2 is 1.84 bits per heavy atom. The minimum absolute atomic E-state index is 0.0797. The maximum Gasteiger partial charge on any atom is 0.429 e. The van der Waals surface area contributed by atoms with E-state index in [2.05, 4.69) is 15.1 Å². The van der Waals surface area contributed by atoms with Gasteiger partial charge in [0.15, 0.2) is 0 Å². The van der Waals surface area contributed by atoms with Crippen molar-refractivity contribution in [3.05, 3.63) is 82.6 Å². The number of aliphatic carboxylic acids is 1. The van der Waals surface area contributed by atoms with Gasteiger partial charge in [0.2, 0.25) is 17.9 Å². The highest BCUT2D eigenvalue weighted by molar-refractivity contribution is 6.30. The van der Waals surface area contributed by atoms with Gasteiger partial charge in [0, 0.05) is 28.4 Å². The number of nitrogens with two attached hydrogens (primary N) is 2. The number of aryl methyl sites for hydroxylation is 1. The maximum atomic E-state index is 14.3. The first-order valence-corrected chi connectivity index (χ1v) is 11.6. The van der Waals surface area contributed by atoms with Crippen molar-refractivity contribution >= 4 is 23.5 Å². The van der Waals surface area contributed by atoms with E-state index in [-0.39, 0.29) is 34.3 Å². The van der Waals surface area contributed by atoms with Gasteiger partial charge >= 0.3 is 12.1 Å². The van der Waals surface area contributed by atoms with E-state index in [9.17, 15) is 18.0 Å². The lowest BCUT2D eigenvalue weighted by molar-refractivity contribution is -0.198. The van der Waals surface area contributed by atoms with Gasteiger partial charge in [0.1, 0.15) is 6.04 Å². The van der Waals surface area contributed by atoms with Gasteiger partial charge in [-0.2, -0.15) is 23.3 Å². The summed E-state index contributed by atoms with van der Waals surface area (Å²) in [7, 11) is 0. The van der Waals surface area contributed by atoms with Crippen molar-refractivity contribution in [2.45, 2.75) is 31.7 Å². The first-order chi connectivity index (χ1) is 17.9. The molecule has 198 valence electrons. The van der Waals surface area contributed by atoms with Crippen LogP contribution in [0.2, 0.25) is 5.02 Å². The van der Waals surface area contributed by atoms with E-state index in [0.29, 0.717) is 16.8 Å². The minimum atomic E-state index is -4.86. The minimum Gasteiger partial charge on any atom is -0.480 e. The smallest absolute Gasteiger partial charge is 0.429 e. The molecule has 0 spiro atoms. The lowest BCUT2D eigenvalue weighted by Crippen LogP contribution is -2.32. The molecule has 2 aromatic carbocycles. The van der Waals surface area contributed by atoms with Crippen molar-refractivity contribution in [3.63, 3.8) is 0 Å². The number of alkyl halides is 3. The number of carboxylic acids is 1. The van der Waals surface area contributed by atoms with Crippen LogP contribution in [-0.4, -0.2) is 43.0 Å². The van der Waals surface area contributed by atoms with Gasteiger partial charge in [-0.3, -0.25) is 4.79 Å². The van der Waals surface area contributed by atoms with E-state index < -0.39 is 30.2 Å². The molecule has 9 nitrogen and oxygen atoms in total. The fraction of sp³-hybridized carbons (Fsp3) is 0.200. The molecule has 5 N–H and O–H groups in total. The predicted molar refractivity (Wildman–Crippen MR) is 134 cm³/mol. The van der Waals surface area contributed by atoms with Gasteiger partial charge in [-0.15, -0.1) is 0 Å². The number of anilines is 1. The zero-order valence-corrected chi connectivity index (χ0v) is 20.6. The molecule has 0 radical (unpaired) electrons. The fourth-order valence-corrected chi connectivity index (χ4v) is 3.91. The molecule has 2 heterocycles. The van der Waals surface area contributed by atoms with Crippen LogP contribution >= 0.6 is 11.6 Å². The standard InChI is InChI=1S/C25H22ClF3N6O3/c1-13-8-9-35(34-13)20-7-6-16(26)11-17(20)22(25(27,28)29)38-21-12-19(32-24(31)33-21)15-4-2-14(3-5-15)10-18(30)23(36)37/h2-9,11-12,18,22H,10,30H2,1H3,(H,36,37)(H2,31,32,33)/t18?,22-/m0/s1. The SMILES string of the molecule is Cc1ccn(-c2ccc(Cl)cc2[C@H](Oc2cc(-c3ccc(CC(N)C(=O)O)cc3)nc(N)n2)C(F)(F)F)n1. The van der Waals surface area contributed by atoms with Crippen molar-refractivity contribution in [1.82, 2.24) is 19.7 Å². The fourth-order valence-electron chi connectivity index (χ4n) is 3.72. The van der Waals surface area contributed by atoms with Crippen molar-refractivity contribution in [1.29, 1.82) is 0 Å². The average molecular weight is 547 g/mol. The van der Waals surface area contributed by atoms with Crippen LogP contribution in [-0.2, 0) is 11.2 Å². The molecule has 0 aliphatic rings. The van der Waals surface area contributed by atoms with Gasteiger partial charge in [0.05, 0.1) is 17.1 Å².